The number of aryl methyl sites for hydroxylation is 1. The monoisotopic (exact) mass is 512 g/mol. The van der Waals surface area contributed by atoms with Gasteiger partial charge in [0.1, 0.15) is 5.56 Å². The van der Waals surface area contributed by atoms with E-state index in [2.05, 4.69) is 80.4 Å². The minimum atomic E-state index is -0.619. The van der Waals surface area contributed by atoms with E-state index in [0.29, 0.717) is 5.65 Å². The van der Waals surface area contributed by atoms with Gasteiger partial charge in [0.2, 0.25) is 0 Å². The van der Waals surface area contributed by atoms with Crippen LogP contribution >= 0.6 is 0 Å². The maximum Gasteiger partial charge on any atom is 0.256 e. The number of hydrogen-bond acceptors (Lipinski definition) is 7. The summed E-state index contributed by atoms with van der Waals surface area (Å²) in [5.74, 6) is 5.91. The molecule has 0 unspecified atom stereocenters. The van der Waals surface area contributed by atoms with Crippen LogP contribution in [0.4, 0.5) is 5.82 Å². The van der Waals surface area contributed by atoms with Crippen LogP contribution in [-0.4, -0.2) is 35.7 Å². The number of rotatable bonds is 3. The molecule has 9 nitrogen and oxygen atoms in total. The Labute approximate surface area is 224 Å². The summed E-state index contributed by atoms with van der Waals surface area (Å²) in [6.45, 7) is 2.16. The Morgan fingerprint density at radius 2 is 1.79 bits per heavy atom. The molecule has 0 saturated heterocycles. The SMILES string of the molecule is CCc1cc2nncc(C#Cc3ccncc3)c2cc1-c1ccccc1.NC(=O)c1c(N)nn2cccnc12. The van der Waals surface area contributed by atoms with Crippen molar-refractivity contribution < 1.29 is 4.79 Å². The van der Waals surface area contributed by atoms with Crippen molar-refractivity contribution in [1.82, 2.24) is 29.8 Å². The Balaban J connectivity index is 0.000000198. The number of carbonyl (C=O) groups excluding carboxylic acids is 1. The number of benzene rings is 2. The third-order valence-electron chi connectivity index (χ3n) is 6.02. The fraction of sp³-hybridized carbons (Fsp3) is 0.0667. The third kappa shape index (κ3) is 5.40. The molecule has 0 saturated carbocycles. The predicted octanol–water partition coefficient (Wildman–Crippen LogP) is 4.06. The lowest BCUT2D eigenvalue weighted by Gasteiger charge is -2.10. The van der Waals surface area contributed by atoms with Crippen LogP contribution in [0.5, 0.6) is 0 Å². The van der Waals surface area contributed by atoms with Crippen LogP contribution in [-0.2, 0) is 6.42 Å². The lowest BCUT2D eigenvalue weighted by atomic mass is 9.95. The highest BCUT2D eigenvalue weighted by atomic mass is 16.1. The largest absolute Gasteiger partial charge is 0.381 e. The highest BCUT2D eigenvalue weighted by Crippen LogP contribution is 2.29. The molecule has 0 spiro atoms. The zero-order valence-corrected chi connectivity index (χ0v) is 21.1. The molecule has 6 aromatic rings. The summed E-state index contributed by atoms with van der Waals surface area (Å²) >= 11 is 0. The molecule has 4 N–H and O–H groups in total. The molecule has 0 aliphatic rings. The first-order chi connectivity index (χ1) is 19.0. The van der Waals surface area contributed by atoms with E-state index in [0.717, 1.165) is 28.5 Å². The van der Waals surface area contributed by atoms with E-state index in [1.54, 1.807) is 37.1 Å². The van der Waals surface area contributed by atoms with E-state index >= 15 is 0 Å². The predicted molar refractivity (Wildman–Crippen MR) is 150 cm³/mol. The number of pyridine rings is 1. The Morgan fingerprint density at radius 3 is 2.54 bits per heavy atom. The van der Waals surface area contributed by atoms with Gasteiger partial charge in [0, 0.05) is 35.7 Å². The Hall–Kier alpha value is -5.62. The molecule has 0 radical (unpaired) electrons. The van der Waals surface area contributed by atoms with Crippen molar-refractivity contribution in [2.75, 3.05) is 5.73 Å². The van der Waals surface area contributed by atoms with Crippen LogP contribution in [0.25, 0.3) is 27.7 Å². The number of nitrogen functional groups attached to an aromatic ring is 1. The van der Waals surface area contributed by atoms with Gasteiger partial charge in [-0.15, -0.1) is 5.10 Å². The first-order valence-corrected chi connectivity index (χ1v) is 12.2. The van der Waals surface area contributed by atoms with Gasteiger partial charge in [-0.25, -0.2) is 9.50 Å². The lowest BCUT2D eigenvalue weighted by Crippen LogP contribution is -2.12. The summed E-state index contributed by atoms with van der Waals surface area (Å²) in [6.07, 6.45) is 9.35. The number of carbonyl (C=O) groups is 1. The molecule has 1 amide bonds. The minimum absolute atomic E-state index is 0.103. The quantitative estimate of drug-likeness (QED) is 0.341. The van der Waals surface area contributed by atoms with Gasteiger partial charge in [0.25, 0.3) is 5.91 Å². The highest BCUT2D eigenvalue weighted by molar-refractivity contribution is 6.03. The molecule has 39 heavy (non-hydrogen) atoms. The molecule has 0 bridgehead atoms. The van der Waals surface area contributed by atoms with Gasteiger partial charge < -0.3 is 11.5 Å². The average Bonchev–Trinajstić information content (AvgIpc) is 3.32. The topological polar surface area (TPSA) is 138 Å². The van der Waals surface area contributed by atoms with Gasteiger partial charge in [0.05, 0.1) is 17.3 Å². The first kappa shape index (κ1) is 25.0. The van der Waals surface area contributed by atoms with Crippen molar-refractivity contribution in [2.45, 2.75) is 13.3 Å². The van der Waals surface area contributed by atoms with Crippen molar-refractivity contribution in [2.24, 2.45) is 5.73 Å². The number of nitrogens with two attached hydrogens (primary N) is 2. The minimum Gasteiger partial charge on any atom is -0.381 e. The number of nitrogens with zero attached hydrogens (tertiary/aromatic N) is 6. The lowest BCUT2D eigenvalue weighted by molar-refractivity contribution is 0.100. The maximum atomic E-state index is 10.9. The molecule has 4 heterocycles. The van der Waals surface area contributed by atoms with Crippen molar-refractivity contribution in [3.63, 3.8) is 0 Å². The summed E-state index contributed by atoms with van der Waals surface area (Å²) in [5, 5.41) is 13.3. The molecule has 190 valence electrons. The van der Waals surface area contributed by atoms with E-state index in [-0.39, 0.29) is 11.4 Å². The van der Waals surface area contributed by atoms with Crippen LogP contribution in [0.3, 0.4) is 0 Å². The molecule has 0 aliphatic carbocycles. The number of hydrogen-bond donors (Lipinski definition) is 2. The number of primary amides is 1. The smallest absolute Gasteiger partial charge is 0.256 e. The second-order valence-electron chi connectivity index (χ2n) is 8.50. The van der Waals surface area contributed by atoms with E-state index in [9.17, 15) is 4.79 Å². The molecular weight excluding hydrogens is 488 g/mol. The van der Waals surface area contributed by atoms with Gasteiger partial charge >= 0.3 is 0 Å². The van der Waals surface area contributed by atoms with Crippen molar-refractivity contribution in [3.8, 4) is 23.0 Å². The van der Waals surface area contributed by atoms with E-state index in [1.165, 1.54) is 21.2 Å². The van der Waals surface area contributed by atoms with Gasteiger partial charge in [-0.1, -0.05) is 49.1 Å². The number of anilines is 1. The number of aromatic nitrogens is 6. The van der Waals surface area contributed by atoms with Crippen LogP contribution in [0.15, 0.2) is 91.6 Å². The molecule has 6 rings (SSSR count). The van der Waals surface area contributed by atoms with Crippen LogP contribution < -0.4 is 11.5 Å². The molecule has 2 aromatic carbocycles. The molecule has 9 heteroatoms. The average molecular weight is 513 g/mol. The Bertz CT molecular complexity index is 1840. The van der Waals surface area contributed by atoms with Crippen LogP contribution in [0.2, 0.25) is 0 Å². The van der Waals surface area contributed by atoms with E-state index < -0.39 is 5.91 Å². The molecule has 0 fully saturated rings. The Morgan fingerprint density at radius 1 is 1.00 bits per heavy atom. The second kappa shape index (κ2) is 11.2. The van der Waals surface area contributed by atoms with Crippen LogP contribution in [0.1, 0.15) is 34.0 Å². The molecule has 0 atom stereocenters. The zero-order chi connectivity index (χ0) is 27.2. The first-order valence-electron chi connectivity index (χ1n) is 12.2. The summed E-state index contributed by atoms with van der Waals surface area (Å²) in [6, 6.07) is 20.2. The summed E-state index contributed by atoms with van der Waals surface area (Å²) in [4.78, 5) is 18.9. The maximum absolute atomic E-state index is 10.9. The summed E-state index contributed by atoms with van der Waals surface area (Å²) in [7, 11) is 0. The summed E-state index contributed by atoms with van der Waals surface area (Å²) < 4.78 is 1.41. The fourth-order valence-electron chi connectivity index (χ4n) is 4.14. The number of amides is 1. The Kier molecular flexibility index (Phi) is 7.19. The van der Waals surface area contributed by atoms with E-state index in [1.807, 2.05) is 18.2 Å². The fourth-order valence-corrected chi connectivity index (χ4v) is 4.14. The summed E-state index contributed by atoms with van der Waals surface area (Å²) in [5.41, 5.74) is 17.5. The second-order valence-corrected chi connectivity index (χ2v) is 8.50. The van der Waals surface area contributed by atoms with Gasteiger partial charge in [-0.05, 0) is 53.4 Å². The molecule has 0 aliphatic heterocycles. The molecule has 4 aromatic heterocycles. The number of fused-ring (bicyclic) bond motifs is 2. The third-order valence-corrected chi connectivity index (χ3v) is 6.02. The zero-order valence-electron chi connectivity index (χ0n) is 21.1. The van der Waals surface area contributed by atoms with Crippen molar-refractivity contribution in [3.05, 3.63) is 114 Å². The van der Waals surface area contributed by atoms with E-state index in [4.69, 9.17) is 11.5 Å². The van der Waals surface area contributed by atoms with Gasteiger partial charge in [-0.3, -0.25) is 9.78 Å². The van der Waals surface area contributed by atoms with Crippen molar-refractivity contribution in [1.29, 1.82) is 0 Å². The van der Waals surface area contributed by atoms with Gasteiger partial charge in [0.15, 0.2) is 11.5 Å². The van der Waals surface area contributed by atoms with Crippen molar-refractivity contribution >= 4 is 28.3 Å². The standard InChI is InChI=1S/C23H17N3.C7H7N5O/c1-2-18-14-23-22(15-21(18)19-6-4-3-5-7-19)20(16-25-26-23)9-8-17-10-12-24-13-11-17;8-5-4(6(9)13)7-10-2-1-3-12(7)11-5/h3-7,10-16H,2H2,1H3;1-3H,(H2,8,11)(H2,9,13). The molecular formula is C30H24N8O. The van der Waals surface area contributed by atoms with Crippen LogP contribution in [0, 0.1) is 11.8 Å². The highest BCUT2D eigenvalue weighted by Gasteiger charge is 2.15. The van der Waals surface area contributed by atoms with Gasteiger partial charge in [-0.2, -0.15) is 10.2 Å². The normalized spacial score (nSPS) is 10.4.